The molecule has 170 valence electrons. The molecule has 0 atom stereocenters. The fraction of sp³-hybridized carbons (Fsp3) is 0.167. The molecule has 0 spiro atoms. The van der Waals surface area contributed by atoms with Gasteiger partial charge in [-0.05, 0) is 43.4 Å². The smallest absolute Gasteiger partial charge is 0.265 e. The summed E-state index contributed by atoms with van der Waals surface area (Å²) in [5.74, 6) is -1.01. The third-order valence-corrected chi connectivity index (χ3v) is 5.03. The molecule has 3 rings (SSSR count). The Morgan fingerprint density at radius 1 is 1.21 bits per heavy atom. The maximum absolute atomic E-state index is 12.8. The number of thiocarbonyl (C=S) groups is 1. The Balaban J connectivity index is 1.85. The fourth-order valence-corrected chi connectivity index (χ4v) is 3.33. The third-order valence-electron chi connectivity index (χ3n) is 4.71. The molecule has 1 saturated heterocycles. The molecular weight excluding hydrogens is 442 g/mol. The molecule has 0 saturated carbocycles. The largest absolute Gasteiger partial charge is 0.493 e. The first-order chi connectivity index (χ1) is 15.8. The quantitative estimate of drug-likeness (QED) is 0.269. The molecule has 1 heterocycles. The number of aryl methyl sites for hydroxylation is 1. The standard InChI is InChI=1S/C24H23N3O5S/c1-4-12-27-23(30)18(22(29)26-24(27)33)13-16-6-5-7-19(31-3)21(16)32-14-20(28)25-17-10-8-15(2)9-11-17/h4-11,13H,1,12,14H2,2-3H3,(H,25,28)(H,26,29,33). The number of rotatable bonds is 8. The van der Waals surface area contributed by atoms with Gasteiger partial charge in [0.05, 0.1) is 7.11 Å². The van der Waals surface area contributed by atoms with Gasteiger partial charge in [-0.3, -0.25) is 24.6 Å². The van der Waals surface area contributed by atoms with Gasteiger partial charge in [-0.2, -0.15) is 0 Å². The maximum atomic E-state index is 12.8. The molecule has 0 bridgehead atoms. The van der Waals surface area contributed by atoms with Crippen molar-refractivity contribution in [2.45, 2.75) is 6.92 Å². The summed E-state index contributed by atoms with van der Waals surface area (Å²) in [6.45, 7) is 5.40. The van der Waals surface area contributed by atoms with Gasteiger partial charge in [0.1, 0.15) is 5.57 Å². The second kappa shape index (κ2) is 10.6. The van der Waals surface area contributed by atoms with E-state index in [1.165, 1.54) is 24.2 Å². The first-order valence-electron chi connectivity index (χ1n) is 10.00. The number of hydrogen-bond acceptors (Lipinski definition) is 6. The lowest BCUT2D eigenvalue weighted by molar-refractivity contribution is -0.128. The number of nitrogens with one attached hydrogen (secondary N) is 2. The summed E-state index contributed by atoms with van der Waals surface area (Å²) in [5, 5.41) is 5.25. The molecule has 0 aromatic heterocycles. The molecule has 1 fully saturated rings. The van der Waals surface area contributed by atoms with Crippen molar-refractivity contribution in [3.8, 4) is 11.5 Å². The minimum Gasteiger partial charge on any atom is -0.493 e. The molecule has 2 N–H and O–H groups in total. The molecule has 2 aromatic rings. The predicted molar refractivity (Wildman–Crippen MR) is 129 cm³/mol. The van der Waals surface area contributed by atoms with Crippen molar-refractivity contribution in [3.05, 3.63) is 71.8 Å². The van der Waals surface area contributed by atoms with Crippen molar-refractivity contribution in [2.75, 3.05) is 25.6 Å². The predicted octanol–water partition coefficient (Wildman–Crippen LogP) is 2.83. The van der Waals surface area contributed by atoms with Gasteiger partial charge in [-0.25, -0.2) is 0 Å². The summed E-state index contributed by atoms with van der Waals surface area (Å²) in [5.41, 5.74) is 1.97. The second-order valence-electron chi connectivity index (χ2n) is 7.10. The molecule has 1 aliphatic heterocycles. The Morgan fingerprint density at radius 3 is 2.61 bits per heavy atom. The highest BCUT2D eigenvalue weighted by atomic mass is 32.1. The van der Waals surface area contributed by atoms with E-state index in [0.717, 1.165) is 5.56 Å². The Labute approximate surface area is 196 Å². The summed E-state index contributed by atoms with van der Waals surface area (Å²) in [4.78, 5) is 38.9. The van der Waals surface area contributed by atoms with Crippen molar-refractivity contribution >= 4 is 46.8 Å². The highest BCUT2D eigenvalue weighted by Gasteiger charge is 2.33. The van der Waals surface area contributed by atoms with E-state index in [0.29, 0.717) is 17.0 Å². The number of hydrogen-bond donors (Lipinski definition) is 2. The maximum Gasteiger partial charge on any atom is 0.265 e. The summed E-state index contributed by atoms with van der Waals surface area (Å²) in [6.07, 6.45) is 2.89. The third kappa shape index (κ3) is 5.64. The van der Waals surface area contributed by atoms with Crippen LogP contribution in [0.4, 0.5) is 5.69 Å². The van der Waals surface area contributed by atoms with Crippen molar-refractivity contribution in [1.82, 2.24) is 10.2 Å². The summed E-state index contributed by atoms with van der Waals surface area (Å²) in [6, 6.07) is 12.3. The lowest BCUT2D eigenvalue weighted by Gasteiger charge is -2.28. The molecule has 0 radical (unpaired) electrons. The number of amides is 3. The number of methoxy groups -OCH3 is 1. The van der Waals surface area contributed by atoms with E-state index in [2.05, 4.69) is 17.2 Å². The zero-order chi connectivity index (χ0) is 24.0. The minimum absolute atomic E-state index is 0.0111. The van der Waals surface area contributed by atoms with E-state index in [1.54, 1.807) is 30.3 Å². The van der Waals surface area contributed by atoms with Crippen LogP contribution in [0.15, 0.2) is 60.7 Å². The van der Waals surface area contributed by atoms with Crippen LogP contribution in [0, 0.1) is 6.92 Å². The van der Waals surface area contributed by atoms with Crippen LogP contribution in [0.2, 0.25) is 0 Å². The average Bonchev–Trinajstić information content (AvgIpc) is 2.79. The van der Waals surface area contributed by atoms with E-state index < -0.39 is 11.8 Å². The molecule has 33 heavy (non-hydrogen) atoms. The monoisotopic (exact) mass is 465 g/mol. The highest BCUT2D eigenvalue weighted by Crippen LogP contribution is 2.33. The van der Waals surface area contributed by atoms with E-state index in [-0.39, 0.29) is 35.5 Å². The minimum atomic E-state index is -0.629. The molecule has 9 heteroatoms. The molecule has 0 unspecified atom stereocenters. The van der Waals surface area contributed by atoms with Crippen LogP contribution >= 0.6 is 12.2 Å². The number of para-hydroxylation sites is 1. The summed E-state index contributed by atoms with van der Waals surface area (Å²) < 4.78 is 11.1. The van der Waals surface area contributed by atoms with E-state index in [4.69, 9.17) is 21.7 Å². The zero-order valence-corrected chi connectivity index (χ0v) is 19.0. The van der Waals surface area contributed by atoms with Crippen LogP contribution in [0.3, 0.4) is 0 Å². The molecule has 1 aliphatic rings. The Bertz CT molecular complexity index is 1140. The van der Waals surface area contributed by atoms with Gasteiger partial charge in [0.2, 0.25) is 0 Å². The van der Waals surface area contributed by atoms with Gasteiger partial charge in [0, 0.05) is 17.8 Å². The lowest BCUT2D eigenvalue weighted by atomic mass is 10.1. The summed E-state index contributed by atoms with van der Waals surface area (Å²) in [7, 11) is 1.45. The SMILES string of the molecule is C=CCN1C(=O)C(=Cc2cccc(OC)c2OCC(=O)Nc2ccc(C)cc2)C(=O)NC1=S. The van der Waals surface area contributed by atoms with Crippen LogP contribution in [-0.4, -0.2) is 48.0 Å². The van der Waals surface area contributed by atoms with Crippen molar-refractivity contribution in [1.29, 1.82) is 0 Å². The lowest BCUT2D eigenvalue weighted by Crippen LogP contribution is -2.53. The van der Waals surface area contributed by atoms with Crippen molar-refractivity contribution in [2.24, 2.45) is 0 Å². The fourth-order valence-electron chi connectivity index (χ4n) is 3.08. The van der Waals surface area contributed by atoms with Crippen LogP contribution in [0.25, 0.3) is 6.08 Å². The highest BCUT2D eigenvalue weighted by molar-refractivity contribution is 7.80. The molecular formula is C24H23N3O5S. The number of carbonyl (C=O) groups is 3. The van der Waals surface area contributed by atoms with Gasteiger partial charge in [-0.15, -0.1) is 6.58 Å². The van der Waals surface area contributed by atoms with Crippen molar-refractivity contribution < 1.29 is 23.9 Å². The Morgan fingerprint density at radius 2 is 1.94 bits per heavy atom. The number of carbonyl (C=O) groups excluding carboxylic acids is 3. The van der Waals surface area contributed by atoms with Gasteiger partial charge >= 0.3 is 0 Å². The molecule has 8 nitrogen and oxygen atoms in total. The van der Waals surface area contributed by atoms with Gasteiger partial charge < -0.3 is 14.8 Å². The normalized spacial score (nSPS) is 14.7. The van der Waals surface area contributed by atoms with Crippen LogP contribution in [0.1, 0.15) is 11.1 Å². The second-order valence-corrected chi connectivity index (χ2v) is 7.49. The van der Waals surface area contributed by atoms with Crippen LogP contribution < -0.4 is 20.1 Å². The number of anilines is 1. The molecule has 0 aliphatic carbocycles. The molecule has 2 aromatic carbocycles. The van der Waals surface area contributed by atoms with Gasteiger partial charge in [-0.1, -0.05) is 35.9 Å². The van der Waals surface area contributed by atoms with E-state index >= 15 is 0 Å². The van der Waals surface area contributed by atoms with Gasteiger partial charge in [0.15, 0.2) is 23.2 Å². The first kappa shape index (κ1) is 23.7. The number of benzene rings is 2. The Hall–Kier alpha value is -3.98. The number of nitrogens with zero attached hydrogens (tertiary/aromatic N) is 1. The van der Waals surface area contributed by atoms with Crippen molar-refractivity contribution in [3.63, 3.8) is 0 Å². The first-order valence-corrected chi connectivity index (χ1v) is 10.4. The molecule has 3 amide bonds. The summed E-state index contributed by atoms with van der Waals surface area (Å²) >= 11 is 5.07. The van der Waals surface area contributed by atoms with Crippen LogP contribution in [-0.2, 0) is 14.4 Å². The topological polar surface area (TPSA) is 97.0 Å². The zero-order valence-electron chi connectivity index (χ0n) is 18.2. The number of ether oxygens (including phenoxy) is 2. The Kier molecular flexibility index (Phi) is 7.57. The van der Waals surface area contributed by atoms with E-state index in [9.17, 15) is 14.4 Å². The average molecular weight is 466 g/mol. The van der Waals surface area contributed by atoms with Gasteiger partial charge in [0.25, 0.3) is 17.7 Å². The van der Waals surface area contributed by atoms with E-state index in [1.807, 2.05) is 19.1 Å². The van der Waals surface area contributed by atoms with Crippen LogP contribution in [0.5, 0.6) is 11.5 Å².